The molecule has 0 radical (unpaired) electrons. The molecule has 0 saturated carbocycles. The number of aryl methyl sites for hydroxylation is 1. The van der Waals surface area contributed by atoms with E-state index in [4.69, 9.17) is 0 Å². The lowest BCUT2D eigenvalue weighted by Gasteiger charge is -2.08. The first-order chi connectivity index (χ1) is 8.27. The minimum atomic E-state index is 0. The van der Waals surface area contributed by atoms with Crippen molar-refractivity contribution in [2.75, 3.05) is 0 Å². The molecule has 1 aliphatic carbocycles. The van der Waals surface area contributed by atoms with Crippen LogP contribution in [-0.2, 0) is 12.8 Å². The van der Waals surface area contributed by atoms with Crippen LogP contribution in [0, 0.1) is 0 Å². The number of halogens is 3. The number of hydrogen-bond donors (Lipinski definition) is 0. The van der Waals surface area contributed by atoms with Crippen molar-refractivity contribution in [1.29, 1.82) is 0 Å². The lowest BCUT2D eigenvalue weighted by atomic mass is 10.0. The summed E-state index contributed by atoms with van der Waals surface area (Å²) in [5, 5.41) is 0. The number of rotatable bonds is 1. The second kappa shape index (κ2) is 6.04. The summed E-state index contributed by atoms with van der Waals surface area (Å²) in [4.78, 5) is 1.55. The van der Waals surface area contributed by atoms with Crippen LogP contribution < -0.4 is 17.0 Å². The molecule has 0 spiro atoms. The fourth-order valence-electron chi connectivity index (χ4n) is 2.33. The molecule has 5 heteroatoms. The second-order valence-corrected chi connectivity index (χ2v) is 6.89. The largest absolute Gasteiger partial charge is 1.00 e. The molecule has 0 saturated heterocycles. The fourth-order valence-corrected chi connectivity index (χ4v) is 4.77. The number of aromatic nitrogens is 1. The van der Waals surface area contributed by atoms with Crippen molar-refractivity contribution in [3.8, 4) is 5.69 Å². The van der Waals surface area contributed by atoms with Gasteiger partial charge >= 0.3 is 0 Å². The fraction of sp³-hybridized carbons (Fsp3) is 0.308. The Balaban J connectivity index is 0.00000120. The molecule has 3 rings (SSSR count). The Kier molecular flexibility index (Phi) is 4.86. The molecular formula is C13H12Br2ClNS. The lowest BCUT2D eigenvalue weighted by molar-refractivity contribution is -0.600. The van der Waals surface area contributed by atoms with E-state index in [2.05, 4.69) is 60.1 Å². The summed E-state index contributed by atoms with van der Waals surface area (Å²) in [6.45, 7) is 0. The first-order valence-corrected chi connectivity index (χ1v) is 8.19. The Bertz CT molecular complexity index is 548. The molecule has 0 amide bonds. The molecule has 2 aromatic rings. The van der Waals surface area contributed by atoms with Crippen molar-refractivity contribution in [2.45, 2.75) is 25.7 Å². The number of benzene rings is 1. The standard InChI is InChI=1S/C13H12Br2NS.ClH/c14-9-4-3-5-10(15)13(9)16-8-17-12-7-2-1-6-11(12)16;/h3-5,8H,1-2,6-7H2;1H/q+1;/p-1. The number of para-hydroxylation sites is 1. The van der Waals surface area contributed by atoms with E-state index in [9.17, 15) is 0 Å². The maximum atomic E-state index is 3.65. The predicted octanol–water partition coefficient (Wildman–Crippen LogP) is 1.43. The highest BCUT2D eigenvalue weighted by atomic mass is 79.9. The number of thiazole rings is 1. The van der Waals surface area contributed by atoms with Gasteiger partial charge in [-0.1, -0.05) is 17.4 Å². The van der Waals surface area contributed by atoms with Crippen molar-refractivity contribution in [3.63, 3.8) is 0 Å². The summed E-state index contributed by atoms with van der Waals surface area (Å²) in [7, 11) is 0. The minimum Gasteiger partial charge on any atom is -1.00 e. The molecule has 0 bridgehead atoms. The van der Waals surface area contributed by atoms with Crippen molar-refractivity contribution >= 4 is 43.2 Å². The SMILES string of the molecule is Brc1cccc(Br)c1-[n+]1csc2c1CCCC2.[Cl-]. The van der Waals surface area contributed by atoms with Crippen LogP contribution in [0.25, 0.3) is 5.69 Å². The van der Waals surface area contributed by atoms with Crippen LogP contribution in [0.15, 0.2) is 32.7 Å². The normalized spacial score (nSPS) is 13.9. The summed E-state index contributed by atoms with van der Waals surface area (Å²) in [5.41, 5.74) is 4.96. The highest BCUT2D eigenvalue weighted by molar-refractivity contribution is 9.11. The van der Waals surface area contributed by atoms with Crippen LogP contribution in [0.5, 0.6) is 0 Å². The first-order valence-electron chi connectivity index (χ1n) is 5.72. The van der Waals surface area contributed by atoms with Crippen LogP contribution in [0.4, 0.5) is 0 Å². The van der Waals surface area contributed by atoms with Gasteiger partial charge in [-0.2, -0.15) is 4.57 Å². The molecule has 18 heavy (non-hydrogen) atoms. The average molecular weight is 410 g/mol. The molecule has 1 aromatic heterocycles. The zero-order chi connectivity index (χ0) is 11.8. The Labute approximate surface area is 134 Å². The second-order valence-electron chi connectivity index (χ2n) is 4.24. The summed E-state index contributed by atoms with van der Waals surface area (Å²) >= 11 is 9.19. The van der Waals surface area contributed by atoms with Crippen LogP contribution in [0.3, 0.4) is 0 Å². The summed E-state index contributed by atoms with van der Waals surface area (Å²) in [5.74, 6) is 0. The summed E-state index contributed by atoms with van der Waals surface area (Å²) < 4.78 is 4.62. The molecule has 1 aliphatic rings. The third kappa shape index (κ3) is 2.53. The molecular weight excluding hydrogens is 397 g/mol. The van der Waals surface area contributed by atoms with Gasteiger partial charge in [-0.25, -0.2) is 0 Å². The van der Waals surface area contributed by atoms with E-state index in [1.165, 1.54) is 37.1 Å². The highest BCUT2D eigenvalue weighted by Crippen LogP contribution is 2.29. The van der Waals surface area contributed by atoms with Crippen LogP contribution in [-0.4, -0.2) is 0 Å². The third-order valence-corrected chi connectivity index (χ3v) is 5.48. The monoisotopic (exact) mass is 407 g/mol. The van der Waals surface area contributed by atoms with E-state index in [1.807, 2.05) is 11.3 Å². The predicted molar refractivity (Wildman–Crippen MR) is 77.9 cm³/mol. The average Bonchev–Trinajstić information content (AvgIpc) is 2.73. The maximum absolute atomic E-state index is 3.65. The van der Waals surface area contributed by atoms with Gasteiger partial charge in [-0.15, -0.1) is 0 Å². The van der Waals surface area contributed by atoms with E-state index in [0.717, 1.165) is 8.95 Å². The zero-order valence-corrected chi connectivity index (χ0v) is 14.4. The number of nitrogens with zero attached hydrogens (tertiary/aromatic N) is 1. The summed E-state index contributed by atoms with van der Waals surface area (Å²) in [6.07, 6.45) is 5.10. The molecule has 0 aliphatic heterocycles. The lowest BCUT2D eigenvalue weighted by Crippen LogP contribution is -3.00. The highest BCUT2D eigenvalue weighted by Gasteiger charge is 2.27. The van der Waals surface area contributed by atoms with Crippen molar-refractivity contribution in [3.05, 3.63) is 43.2 Å². The van der Waals surface area contributed by atoms with Crippen molar-refractivity contribution in [2.24, 2.45) is 0 Å². The van der Waals surface area contributed by atoms with Crippen LogP contribution in [0.2, 0.25) is 0 Å². The quantitative estimate of drug-likeness (QED) is 0.628. The third-order valence-electron chi connectivity index (χ3n) is 3.16. The minimum absolute atomic E-state index is 0. The van der Waals surface area contributed by atoms with E-state index >= 15 is 0 Å². The van der Waals surface area contributed by atoms with Gasteiger partial charge in [0.05, 0.1) is 13.8 Å². The maximum Gasteiger partial charge on any atom is 0.240 e. The van der Waals surface area contributed by atoms with Gasteiger partial charge in [-0.05, 0) is 63.3 Å². The van der Waals surface area contributed by atoms with Gasteiger partial charge in [0.1, 0.15) is 0 Å². The van der Waals surface area contributed by atoms with Crippen molar-refractivity contribution < 1.29 is 17.0 Å². The van der Waals surface area contributed by atoms with Gasteiger partial charge in [0, 0.05) is 6.42 Å². The zero-order valence-electron chi connectivity index (χ0n) is 9.63. The molecule has 1 nitrogen and oxygen atoms in total. The Morgan fingerprint density at radius 2 is 1.72 bits per heavy atom. The van der Waals surface area contributed by atoms with E-state index in [1.54, 1.807) is 4.88 Å². The van der Waals surface area contributed by atoms with E-state index < -0.39 is 0 Å². The Hall–Kier alpha value is 0.1000. The van der Waals surface area contributed by atoms with Gasteiger partial charge in [-0.3, -0.25) is 0 Å². The molecule has 96 valence electrons. The molecule has 1 aromatic carbocycles. The molecule has 0 N–H and O–H groups in total. The van der Waals surface area contributed by atoms with Crippen LogP contribution in [0.1, 0.15) is 23.4 Å². The summed E-state index contributed by atoms with van der Waals surface area (Å²) in [6, 6.07) is 6.25. The Morgan fingerprint density at radius 1 is 1.06 bits per heavy atom. The topological polar surface area (TPSA) is 3.88 Å². The van der Waals surface area contributed by atoms with Gasteiger partial charge in [0.2, 0.25) is 16.9 Å². The molecule has 0 atom stereocenters. The molecule has 0 unspecified atom stereocenters. The first kappa shape index (κ1) is 14.5. The van der Waals surface area contributed by atoms with Crippen molar-refractivity contribution in [1.82, 2.24) is 0 Å². The van der Waals surface area contributed by atoms with Gasteiger partial charge < -0.3 is 12.4 Å². The Morgan fingerprint density at radius 3 is 2.44 bits per heavy atom. The van der Waals surface area contributed by atoms with Crippen LogP contribution >= 0.6 is 43.2 Å². The van der Waals surface area contributed by atoms with Gasteiger partial charge in [0.25, 0.3) is 0 Å². The molecule has 0 fully saturated rings. The van der Waals surface area contributed by atoms with E-state index in [0.29, 0.717) is 0 Å². The smallest absolute Gasteiger partial charge is 0.240 e. The van der Waals surface area contributed by atoms with E-state index in [-0.39, 0.29) is 12.4 Å². The number of fused-ring (bicyclic) bond motifs is 1. The molecule has 1 heterocycles. The number of hydrogen-bond acceptors (Lipinski definition) is 1. The van der Waals surface area contributed by atoms with Gasteiger partial charge in [0.15, 0.2) is 0 Å².